The number of halogens is 3. The zero-order valence-corrected chi connectivity index (χ0v) is 10.7. The summed E-state index contributed by atoms with van der Waals surface area (Å²) in [6, 6.07) is 2.59. The molecule has 1 aromatic heterocycles. The van der Waals surface area contributed by atoms with E-state index in [0.29, 0.717) is 12.1 Å². The average molecular weight is 295 g/mol. The number of anilines is 1. The van der Waals surface area contributed by atoms with Gasteiger partial charge in [-0.1, -0.05) is 0 Å². The smallest absolute Gasteiger partial charge is 0.357 e. The number of ether oxygens (including phenoxy) is 1. The topological polar surface area (TPSA) is 81.0 Å². The number of hydrogen-bond acceptors (Lipinski definition) is 4. The van der Waals surface area contributed by atoms with E-state index in [0.717, 1.165) is 17.9 Å². The second-order valence-electron chi connectivity index (χ2n) is 4.00. The van der Waals surface area contributed by atoms with Crippen LogP contribution in [-0.4, -0.2) is 17.6 Å². The largest absolute Gasteiger partial charge is 0.464 e. The fraction of sp³-hybridized carbons (Fsp3) is 0.0769. The maximum Gasteiger partial charge on any atom is 0.357 e. The predicted octanol–water partition coefficient (Wildman–Crippen LogP) is 2.14. The van der Waals surface area contributed by atoms with E-state index < -0.39 is 29.1 Å². The standard InChI is InChI=1S/C13H8F3N3O2/c1-21-13(20)12-11(18)6(4-17)5-19(12)10-3-8(15)7(14)2-9(10)16/h2-3,5H,18H2,1H3. The highest BCUT2D eigenvalue weighted by molar-refractivity contribution is 5.95. The number of rotatable bonds is 2. The van der Waals surface area contributed by atoms with Gasteiger partial charge < -0.3 is 15.0 Å². The molecule has 5 nitrogen and oxygen atoms in total. The molecule has 0 aliphatic rings. The second kappa shape index (κ2) is 5.20. The summed E-state index contributed by atoms with van der Waals surface area (Å²) in [4.78, 5) is 11.7. The van der Waals surface area contributed by atoms with Crippen LogP contribution in [0.3, 0.4) is 0 Å². The minimum absolute atomic E-state index is 0.125. The Balaban J connectivity index is 2.78. The summed E-state index contributed by atoms with van der Waals surface area (Å²) in [5.74, 6) is -4.76. The molecule has 0 unspecified atom stereocenters. The first-order chi connectivity index (χ1) is 9.90. The van der Waals surface area contributed by atoms with Gasteiger partial charge in [0, 0.05) is 18.3 Å². The molecule has 21 heavy (non-hydrogen) atoms. The Labute approximate surface area is 117 Å². The molecule has 2 rings (SSSR count). The zero-order valence-electron chi connectivity index (χ0n) is 10.7. The maximum atomic E-state index is 13.8. The summed E-state index contributed by atoms with van der Waals surface area (Å²) >= 11 is 0. The van der Waals surface area contributed by atoms with Gasteiger partial charge in [0.05, 0.1) is 24.0 Å². The normalized spacial score (nSPS) is 10.2. The number of aromatic nitrogens is 1. The first-order valence-corrected chi connectivity index (χ1v) is 5.54. The van der Waals surface area contributed by atoms with Crippen LogP contribution in [0.25, 0.3) is 5.69 Å². The summed E-state index contributed by atoms with van der Waals surface area (Å²) in [5.41, 5.74) is 4.43. The fourth-order valence-electron chi connectivity index (χ4n) is 1.80. The lowest BCUT2D eigenvalue weighted by atomic mass is 10.2. The Bertz CT molecular complexity index is 778. The minimum Gasteiger partial charge on any atom is -0.464 e. The van der Waals surface area contributed by atoms with Gasteiger partial charge in [0.1, 0.15) is 11.9 Å². The zero-order chi connectivity index (χ0) is 15.7. The number of esters is 1. The minimum atomic E-state index is -1.38. The lowest BCUT2D eigenvalue weighted by Gasteiger charge is -2.09. The number of carbonyl (C=O) groups excluding carboxylic acids is 1. The number of nitriles is 1. The number of nitrogens with two attached hydrogens (primary N) is 1. The molecule has 8 heteroatoms. The predicted molar refractivity (Wildman–Crippen MR) is 66.1 cm³/mol. The first kappa shape index (κ1) is 14.5. The molecule has 0 spiro atoms. The van der Waals surface area contributed by atoms with Gasteiger partial charge in [-0.3, -0.25) is 0 Å². The fourth-order valence-corrected chi connectivity index (χ4v) is 1.80. The number of nitrogen functional groups attached to an aromatic ring is 1. The van der Waals surface area contributed by atoms with Crippen molar-refractivity contribution in [1.82, 2.24) is 4.57 Å². The average Bonchev–Trinajstić information content (AvgIpc) is 2.78. The van der Waals surface area contributed by atoms with Crippen LogP contribution >= 0.6 is 0 Å². The van der Waals surface area contributed by atoms with E-state index in [2.05, 4.69) is 4.74 Å². The van der Waals surface area contributed by atoms with Crippen molar-refractivity contribution in [3.8, 4) is 11.8 Å². The summed E-state index contributed by atoms with van der Waals surface area (Å²) < 4.78 is 45.4. The van der Waals surface area contributed by atoms with E-state index in [9.17, 15) is 18.0 Å². The molecular weight excluding hydrogens is 287 g/mol. The highest BCUT2D eigenvalue weighted by atomic mass is 19.2. The summed E-state index contributed by atoms with van der Waals surface area (Å²) in [6.45, 7) is 0. The van der Waals surface area contributed by atoms with E-state index in [4.69, 9.17) is 11.0 Å². The first-order valence-electron chi connectivity index (χ1n) is 5.54. The molecule has 0 radical (unpaired) electrons. The van der Waals surface area contributed by atoms with E-state index >= 15 is 0 Å². The van der Waals surface area contributed by atoms with Crippen molar-refractivity contribution in [2.24, 2.45) is 0 Å². The molecule has 0 fully saturated rings. The van der Waals surface area contributed by atoms with Gasteiger partial charge in [-0.25, -0.2) is 18.0 Å². The van der Waals surface area contributed by atoms with Crippen LogP contribution in [0.2, 0.25) is 0 Å². The lowest BCUT2D eigenvalue weighted by molar-refractivity contribution is 0.0593. The van der Waals surface area contributed by atoms with Crippen molar-refractivity contribution < 1.29 is 22.7 Å². The highest BCUT2D eigenvalue weighted by Crippen LogP contribution is 2.27. The molecule has 108 valence electrons. The molecule has 0 atom stereocenters. The van der Waals surface area contributed by atoms with E-state index in [1.165, 1.54) is 0 Å². The van der Waals surface area contributed by atoms with Crippen LogP contribution in [0.15, 0.2) is 18.3 Å². The molecule has 2 aromatic rings. The van der Waals surface area contributed by atoms with Crippen LogP contribution in [0, 0.1) is 28.8 Å². The third kappa shape index (κ3) is 2.29. The third-order valence-corrected chi connectivity index (χ3v) is 2.79. The third-order valence-electron chi connectivity index (χ3n) is 2.79. The van der Waals surface area contributed by atoms with Crippen molar-refractivity contribution in [1.29, 1.82) is 5.26 Å². The van der Waals surface area contributed by atoms with E-state index in [1.54, 1.807) is 6.07 Å². The van der Waals surface area contributed by atoms with Crippen molar-refractivity contribution in [3.63, 3.8) is 0 Å². The summed E-state index contributed by atoms with van der Waals surface area (Å²) in [6.07, 6.45) is 1.04. The molecule has 0 aliphatic carbocycles. The van der Waals surface area contributed by atoms with Crippen molar-refractivity contribution >= 4 is 11.7 Å². The molecule has 0 amide bonds. The van der Waals surface area contributed by atoms with Crippen molar-refractivity contribution in [2.45, 2.75) is 0 Å². The maximum absolute atomic E-state index is 13.8. The van der Waals surface area contributed by atoms with Gasteiger partial charge in [-0.05, 0) is 0 Å². The number of nitrogens with zero attached hydrogens (tertiary/aromatic N) is 2. The SMILES string of the molecule is COC(=O)c1c(N)c(C#N)cn1-c1cc(F)c(F)cc1F. The van der Waals surface area contributed by atoms with E-state index in [-0.39, 0.29) is 16.9 Å². The summed E-state index contributed by atoms with van der Waals surface area (Å²) in [7, 11) is 1.06. The van der Waals surface area contributed by atoms with Crippen LogP contribution < -0.4 is 5.73 Å². The van der Waals surface area contributed by atoms with Crippen LogP contribution in [0.5, 0.6) is 0 Å². The number of carbonyl (C=O) groups is 1. The molecule has 0 aliphatic heterocycles. The Kier molecular flexibility index (Phi) is 3.58. The van der Waals surface area contributed by atoms with Gasteiger partial charge in [-0.15, -0.1) is 0 Å². The van der Waals surface area contributed by atoms with Gasteiger partial charge in [0.25, 0.3) is 0 Å². The Morgan fingerprint density at radius 1 is 1.29 bits per heavy atom. The molecular formula is C13H8F3N3O2. The van der Waals surface area contributed by atoms with Gasteiger partial charge in [0.2, 0.25) is 0 Å². The molecule has 1 aromatic carbocycles. The molecule has 0 bridgehead atoms. The number of methoxy groups -OCH3 is 1. The van der Waals surface area contributed by atoms with E-state index in [1.807, 2.05) is 0 Å². The van der Waals surface area contributed by atoms with Gasteiger partial charge in [0.15, 0.2) is 17.3 Å². The Morgan fingerprint density at radius 3 is 2.48 bits per heavy atom. The Hall–Kier alpha value is -2.95. The van der Waals surface area contributed by atoms with Crippen LogP contribution in [0.1, 0.15) is 16.1 Å². The Morgan fingerprint density at radius 2 is 1.90 bits per heavy atom. The summed E-state index contributed by atoms with van der Waals surface area (Å²) in [5, 5.41) is 8.90. The molecule has 1 heterocycles. The number of hydrogen-bond donors (Lipinski definition) is 1. The second-order valence-corrected chi connectivity index (χ2v) is 4.00. The highest BCUT2D eigenvalue weighted by Gasteiger charge is 2.24. The van der Waals surface area contributed by atoms with Gasteiger partial charge in [-0.2, -0.15) is 5.26 Å². The van der Waals surface area contributed by atoms with Crippen LogP contribution in [0.4, 0.5) is 18.9 Å². The lowest BCUT2D eigenvalue weighted by Crippen LogP contribution is -2.12. The van der Waals surface area contributed by atoms with Gasteiger partial charge >= 0.3 is 5.97 Å². The number of benzene rings is 1. The molecule has 0 saturated carbocycles. The quantitative estimate of drug-likeness (QED) is 0.680. The van der Waals surface area contributed by atoms with Crippen LogP contribution in [-0.2, 0) is 4.74 Å². The monoisotopic (exact) mass is 295 g/mol. The van der Waals surface area contributed by atoms with Crippen molar-refractivity contribution in [3.05, 3.63) is 47.0 Å². The van der Waals surface area contributed by atoms with Crippen molar-refractivity contribution in [2.75, 3.05) is 12.8 Å². The molecule has 2 N–H and O–H groups in total. The molecule has 0 saturated heterocycles.